The Morgan fingerprint density at radius 3 is 2.32 bits per heavy atom. The first-order chi connectivity index (χ1) is 8.84. The summed E-state index contributed by atoms with van der Waals surface area (Å²) in [4.78, 5) is 0. The van der Waals surface area contributed by atoms with E-state index < -0.39 is 11.0 Å². The number of hydrogen-bond donors (Lipinski definition) is 0. The lowest BCUT2D eigenvalue weighted by Crippen LogP contribution is -2.21. The topological polar surface area (TPSA) is 29.4 Å². The van der Waals surface area contributed by atoms with Crippen molar-refractivity contribution in [3.63, 3.8) is 0 Å². The van der Waals surface area contributed by atoms with Crippen molar-refractivity contribution >= 4 is 28.3 Å². The summed E-state index contributed by atoms with van der Waals surface area (Å²) < 4.78 is 16.2. The molecule has 1 atom stereocenters. The van der Waals surface area contributed by atoms with Gasteiger partial charge in [-0.1, -0.05) is 29.8 Å². The quantitative estimate of drug-likeness (QED) is 0.590. The SMILES string of the molecule is Cc1ccc(/C(CCCCl)=N/[S@@](=O)C(C)(C)C)cc1. The minimum Gasteiger partial charge on any atom is -0.234 e. The minimum atomic E-state index is -1.23. The lowest BCUT2D eigenvalue weighted by atomic mass is 10.0. The summed E-state index contributed by atoms with van der Waals surface area (Å²) in [6.07, 6.45) is 1.60. The molecule has 0 saturated carbocycles. The van der Waals surface area contributed by atoms with E-state index in [-0.39, 0.29) is 4.75 Å². The van der Waals surface area contributed by atoms with E-state index >= 15 is 0 Å². The lowest BCUT2D eigenvalue weighted by molar-refractivity contribution is 0.650. The van der Waals surface area contributed by atoms with Gasteiger partial charge in [0.15, 0.2) is 0 Å². The van der Waals surface area contributed by atoms with Crippen LogP contribution in [0.25, 0.3) is 0 Å². The Kier molecular flexibility index (Phi) is 6.21. The molecule has 0 aromatic heterocycles. The Hall–Kier alpha value is -0.670. The average Bonchev–Trinajstić information content (AvgIpc) is 2.34. The number of hydrogen-bond acceptors (Lipinski definition) is 1. The van der Waals surface area contributed by atoms with E-state index in [4.69, 9.17) is 11.6 Å². The molecule has 106 valence electrons. The first-order valence-corrected chi connectivity index (χ1v) is 8.11. The Morgan fingerprint density at radius 1 is 1.26 bits per heavy atom. The van der Waals surface area contributed by atoms with Gasteiger partial charge in [-0.2, -0.15) is 4.40 Å². The second-order valence-corrected chi connectivity index (χ2v) is 7.84. The van der Waals surface area contributed by atoms with Gasteiger partial charge in [0.25, 0.3) is 0 Å². The summed E-state index contributed by atoms with van der Waals surface area (Å²) in [5.74, 6) is 0.590. The molecule has 1 rings (SSSR count). The number of benzene rings is 1. The van der Waals surface area contributed by atoms with Crippen molar-refractivity contribution in [1.29, 1.82) is 0 Å². The molecular weight excluding hydrogens is 278 g/mol. The van der Waals surface area contributed by atoms with Crippen LogP contribution in [0, 0.1) is 6.92 Å². The van der Waals surface area contributed by atoms with Crippen molar-refractivity contribution in [2.75, 3.05) is 5.88 Å². The van der Waals surface area contributed by atoms with Crippen LogP contribution in [0.2, 0.25) is 0 Å². The summed E-state index contributed by atoms with van der Waals surface area (Å²) in [6, 6.07) is 8.15. The molecule has 0 aliphatic carbocycles. The van der Waals surface area contributed by atoms with Crippen LogP contribution < -0.4 is 0 Å². The molecule has 0 aliphatic heterocycles. The summed E-state index contributed by atoms with van der Waals surface area (Å²) in [5, 5.41) is 0. The van der Waals surface area contributed by atoms with Crippen LogP contribution in [-0.2, 0) is 11.0 Å². The largest absolute Gasteiger partial charge is 0.234 e. The Morgan fingerprint density at radius 2 is 1.84 bits per heavy atom. The molecule has 2 nitrogen and oxygen atoms in total. The van der Waals surface area contributed by atoms with E-state index in [9.17, 15) is 4.21 Å². The van der Waals surface area contributed by atoms with E-state index in [0.29, 0.717) is 5.88 Å². The maximum absolute atomic E-state index is 12.2. The molecule has 0 amide bonds. The van der Waals surface area contributed by atoms with Crippen molar-refractivity contribution < 1.29 is 4.21 Å². The van der Waals surface area contributed by atoms with Crippen LogP contribution in [0.4, 0.5) is 0 Å². The first kappa shape index (κ1) is 16.4. The predicted molar refractivity (Wildman–Crippen MR) is 85.6 cm³/mol. The highest BCUT2D eigenvalue weighted by molar-refractivity contribution is 7.85. The molecule has 4 heteroatoms. The molecule has 19 heavy (non-hydrogen) atoms. The Balaban J connectivity index is 3.04. The van der Waals surface area contributed by atoms with E-state index in [1.165, 1.54) is 5.56 Å². The molecule has 0 unspecified atom stereocenters. The second kappa shape index (κ2) is 7.20. The molecule has 0 radical (unpaired) electrons. The van der Waals surface area contributed by atoms with Crippen molar-refractivity contribution in [2.24, 2.45) is 4.40 Å². The zero-order valence-electron chi connectivity index (χ0n) is 12.1. The van der Waals surface area contributed by atoms with E-state index in [2.05, 4.69) is 4.40 Å². The fourth-order valence-corrected chi connectivity index (χ4v) is 2.26. The monoisotopic (exact) mass is 299 g/mol. The number of alkyl halides is 1. The van der Waals surface area contributed by atoms with Gasteiger partial charge in [0.1, 0.15) is 11.0 Å². The van der Waals surface area contributed by atoms with Crippen LogP contribution in [0.1, 0.15) is 44.7 Å². The molecule has 0 heterocycles. The van der Waals surface area contributed by atoms with Crippen LogP contribution in [-0.4, -0.2) is 20.5 Å². The van der Waals surface area contributed by atoms with Gasteiger partial charge in [0.2, 0.25) is 0 Å². The van der Waals surface area contributed by atoms with Crippen molar-refractivity contribution in [3.05, 3.63) is 35.4 Å². The molecule has 0 spiro atoms. The Bertz CT molecular complexity index is 460. The number of halogens is 1. The summed E-state index contributed by atoms with van der Waals surface area (Å²) >= 11 is 5.75. The van der Waals surface area contributed by atoms with Crippen molar-refractivity contribution in [3.8, 4) is 0 Å². The molecule has 1 aromatic carbocycles. The third kappa shape index (κ3) is 5.45. The lowest BCUT2D eigenvalue weighted by Gasteiger charge is -2.15. The normalized spacial score (nSPS) is 14.5. The molecule has 0 saturated heterocycles. The van der Waals surface area contributed by atoms with Gasteiger partial charge < -0.3 is 0 Å². The van der Waals surface area contributed by atoms with Gasteiger partial charge in [-0.15, -0.1) is 11.6 Å². The summed E-state index contributed by atoms with van der Waals surface area (Å²) in [5.41, 5.74) is 3.12. The van der Waals surface area contributed by atoms with Crippen LogP contribution >= 0.6 is 11.6 Å². The maximum Gasteiger partial charge on any atom is 0.145 e. The fraction of sp³-hybridized carbons (Fsp3) is 0.533. The van der Waals surface area contributed by atoms with Gasteiger partial charge in [-0.05, 0) is 46.1 Å². The highest BCUT2D eigenvalue weighted by atomic mass is 35.5. The third-order valence-corrected chi connectivity index (χ3v) is 4.35. The number of rotatable bonds is 5. The van der Waals surface area contributed by atoms with Crippen molar-refractivity contribution in [1.82, 2.24) is 0 Å². The molecule has 0 fully saturated rings. The Labute approximate surface area is 123 Å². The second-order valence-electron chi connectivity index (χ2n) is 5.56. The highest BCUT2D eigenvalue weighted by Crippen LogP contribution is 2.16. The minimum absolute atomic E-state index is 0.336. The number of nitrogens with zero attached hydrogens (tertiary/aromatic N) is 1. The fourth-order valence-electron chi connectivity index (χ4n) is 1.46. The third-order valence-electron chi connectivity index (χ3n) is 2.65. The summed E-state index contributed by atoms with van der Waals surface area (Å²) in [6.45, 7) is 7.84. The van der Waals surface area contributed by atoms with Gasteiger partial charge in [-0.25, -0.2) is 4.21 Å². The van der Waals surface area contributed by atoms with Crippen LogP contribution in [0.3, 0.4) is 0 Å². The van der Waals surface area contributed by atoms with E-state index in [0.717, 1.165) is 24.1 Å². The zero-order chi connectivity index (χ0) is 14.5. The molecule has 0 aliphatic rings. The van der Waals surface area contributed by atoms with Gasteiger partial charge >= 0.3 is 0 Å². The number of aryl methyl sites for hydroxylation is 1. The average molecular weight is 300 g/mol. The van der Waals surface area contributed by atoms with Gasteiger partial charge in [0, 0.05) is 5.88 Å². The van der Waals surface area contributed by atoms with E-state index in [1.807, 2.05) is 52.0 Å². The van der Waals surface area contributed by atoms with E-state index in [1.54, 1.807) is 0 Å². The predicted octanol–water partition coefficient (Wildman–Crippen LogP) is 4.27. The standard InChI is InChI=1S/C15H22ClNOS/c1-12-7-9-13(10-8-12)14(6-5-11-16)17-19(18)15(2,3)4/h7-10H,5-6,11H2,1-4H3/b17-14+/t19-/m0/s1. The smallest absolute Gasteiger partial charge is 0.145 e. The van der Waals surface area contributed by atoms with Crippen LogP contribution in [0.15, 0.2) is 28.7 Å². The molecular formula is C15H22ClNOS. The van der Waals surface area contributed by atoms with Gasteiger partial charge in [-0.3, -0.25) is 0 Å². The highest BCUT2D eigenvalue weighted by Gasteiger charge is 2.20. The van der Waals surface area contributed by atoms with Gasteiger partial charge in [0.05, 0.1) is 10.5 Å². The maximum atomic E-state index is 12.2. The molecule has 0 N–H and O–H groups in total. The zero-order valence-corrected chi connectivity index (χ0v) is 13.6. The first-order valence-electron chi connectivity index (χ1n) is 6.47. The van der Waals surface area contributed by atoms with Crippen LogP contribution in [0.5, 0.6) is 0 Å². The molecule has 1 aromatic rings. The van der Waals surface area contributed by atoms with Crippen molar-refractivity contribution in [2.45, 2.75) is 45.3 Å². The summed E-state index contributed by atoms with van der Waals surface area (Å²) in [7, 11) is -1.23. The molecule has 0 bridgehead atoms.